The molecule has 146 valence electrons. The summed E-state index contributed by atoms with van der Waals surface area (Å²) in [5, 5.41) is 10.2. The summed E-state index contributed by atoms with van der Waals surface area (Å²) in [6.45, 7) is 1.47. The first-order chi connectivity index (χ1) is 12.8. The monoisotopic (exact) mass is 383 g/mol. The Labute approximate surface area is 153 Å². The standard InChI is InChI=1S/C17H20F3N5O2/c1-25-16(23-15(24-25)11-6-8-21-9-7-11)22-14(26)10-27-13-4-2-12(3-5-13)17(18,19)20/h2-5,11,21H,6-10H2,1H3,(H,22,23,24,26). The first kappa shape index (κ1) is 19.2. The van der Waals surface area contributed by atoms with Gasteiger partial charge < -0.3 is 10.1 Å². The average Bonchev–Trinajstić information content (AvgIpc) is 3.01. The molecular formula is C17H20F3N5O2. The molecule has 2 aromatic rings. The minimum Gasteiger partial charge on any atom is -0.484 e. The molecule has 2 N–H and O–H groups in total. The molecule has 0 bridgehead atoms. The lowest BCUT2D eigenvalue weighted by Crippen LogP contribution is -2.27. The summed E-state index contributed by atoms with van der Waals surface area (Å²) in [7, 11) is 1.68. The number of hydrogen-bond acceptors (Lipinski definition) is 5. The SMILES string of the molecule is Cn1nc(C2CCNCC2)nc1NC(=O)COc1ccc(C(F)(F)F)cc1. The number of ether oxygens (including phenoxy) is 1. The van der Waals surface area contributed by atoms with E-state index in [1.807, 2.05) is 0 Å². The third kappa shape index (κ3) is 4.97. The van der Waals surface area contributed by atoms with Crippen molar-refractivity contribution in [2.24, 2.45) is 7.05 Å². The Hall–Kier alpha value is -2.62. The van der Waals surface area contributed by atoms with Crippen molar-refractivity contribution in [2.75, 3.05) is 25.0 Å². The van der Waals surface area contributed by atoms with Crippen LogP contribution in [-0.4, -0.2) is 40.4 Å². The van der Waals surface area contributed by atoms with Gasteiger partial charge in [0.1, 0.15) is 5.75 Å². The number of hydrogen-bond donors (Lipinski definition) is 2. The molecule has 10 heteroatoms. The first-order valence-electron chi connectivity index (χ1n) is 8.54. The Morgan fingerprint density at radius 1 is 1.30 bits per heavy atom. The lowest BCUT2D eigenvalue weighted by Gasteiger charge is -2.19. The minimum atomic E-state index is -4.41. The number of piperidine rings is 1. The molecule has 1 aliphatic heterocycles. The fourth-order valence-electron chi connectivity index (χ4n) is 2.82. The second kappa shape index (κ2) is 7.95. The van der Waals surface area contributed by atoms with E-state index in [0.29, 0.717) is 11.8 Å². The summed E-state index contributed by atoms with van der Waals surface area (Å²) in [4.78, 5) is 16.4. The van der Waals surface area contributed by atoms with Gasteiger partial charge in [-0.25, -0.2) is 4.68 Å². The molecule has 1 aliphatic rings. The van der Waals surface area contributed by atoms with Gasteiger partial charge in [-0.15, -0.1) is 0 Å². The van der Waals surface area contributed by atoms with Crippen molar-refractivity contribution in [1.29, 1.82) is 0 Å². The molecule has 7 nitrogen and oxygen atoms in total. The maximum atomic E-state index is 12.5. The number of anilines is 1. The molecule has 1 amide bonds. The molecule has 2 heterocycles. The zero-order chi connectivity index (χ0) is 19.4. The van der Waals surface area contributed by atoms with E-state index in [4.69, 9.17) is 4.74 Å². The van der Waals surface area contributed by atoms with Crippen molar-refractivity contribution in [3.05, 3.63) is 35.7 Å². The highest BCUT2D eigenvalue weighted by Gasteiger charge is 2.30. The molecule has 3 rings (SSSR count). The number of rotatable bonds is 5. The molecule has 1 aromatic heterocycles. The number of carbonyl (C=O) groups excluding carboxylic acids is 1. The number of nitrogens with zero attached hydrogens (tertiary/aromatic N) is 3. The predicted octanol–water partition coefficient (Wildman–Crippen LogP) is 2.32. The van der Waals surface area contributed by atoms with E-state index < -0.39 is 17.6 Å². The number of aromatic nitrogens is 3. The normalized spacial score (nSPS) is 15.6. The number of carbonyl (C=O) groups is 1. The second-order valence-corrected chi connectivity index (χ2v) is 6.30. The van der Waals surface area contributed by atoms with Crippen molar-refractivity contribution in [3.63, 3.8) is 0 Å². The second-order valence-electron chi connectivity index (χ2n) is 6.30. The topological polar surface area (TPSA) is 81.1 Å². The van der Waals surface area contributed by atoms with Crippen molar-refractivity contribution in [3.8, 4) is 5.75 Å². The Kier molecular flexibility index (Phi) is 5.64. The fourth-order valence-corrected chi connectivity index (χ4v) is 2.82. The smallest absolute Gasteiger partial charge is 0.416 e. The molecule has 1 saturated heterocycles. The number of benzene rings is 1. The van der Waals surface area contributed by atoms with E-state index in [1.165, 1.54) is 16.8 Å². The summed E-state index contributed by atoms with van der Waals surface area (Å²) in [5.41, 5.74) is -0.774. The van der Waals surface area contributed by atoms with Crippen LogP contribution >= 0.6 is 0 Å². The zero-order valence-electron chi connectivity index (χ0n) is 14.7. The van der Waals surface area contributed by atoms with Gasteiger partial charge in [0.05, 0.1) is 5.56 Å². The lowest BCUT2D eigenvalue weighted by atomic mass is 9.98. The Morgan fingerprint density at radius 3 is 2.59 bits per heavy atom. The van der Waals surface area contributed by atoms with Gasteiger partial charge in [0.2, 0.25) is 5.95 Å². The molecule has 0 atom stereocenters. The minimum absolute atomic E-state index is 0.173. The van der Waals surface area contributed by atoms with Crippen LogP contribution in [0.5, 0.6) is 5.75 Å². The number of alkyl halides is 3. The van der Waals surface area contributed by atoms with Crippen molar-refractivity contribution < 1.29 is 22.7 Å². The molecule has 0 saturated carbocycles. The maximum absolute atomic E-state index is 12.5. The molecular weight excluding hydrogens is 363 g/mol. The molecule has 1 fully saturated rings. The predicted molar refractivity (Wildman–Crippen MR) is 91.4 cm³/mol. The number of aryl methyl sites for hydroxylation is 1. The maximum Gasteiger partial charge on any atom is 0.416 e. The van der Waals surface area contributed by atoms with Crippen LogP contribution in [0, 0.1) is 0 Å². The van der Waals surface area contributed by atoms with Gasteiger partial charge >= 0.3 is 6.18 Å². The van der Waals surface area contributed by atoms with E-state index in [1.54, 1.807) is 7.05 Å². The highest BCUT2D eigenvalue weighted by Crippen LogP contribution is 2.30. The van der Waals surface area contributed by atoms with E-state index in [-0.39, 0.29) is 18.3 Å². The van der Waals surface area contributed by atoms with Gasteiger partial charge in [-0.2, -0.15) is 23.3 Å². The fraction of sp³-hybridized carbons (Fsp3) is 0.471. The average molecular weight is 383 g/mol. The summed E-state index contributed by atoms with van der Waals surface area (Å²) < 4.78 is 44.3. The van der Waals surface area contributed by atoms with Crippen LogP contribution in [0.2, 0.25) is 0 Å². The Balaban J connectivity index is 1.54. The molecule has 0 aliphatic carbocycles. The Bertz CT molecular complexity index is 783. The van der Waals surface area contributed by atoms with Crippen LogP contribution < -0.4 is 15.4 Å². The van der Waals surface area contributed by atoms with Gasteiger partial charge in [-0.3, -0.25) is 10.1 Å². The van der Waals surface area contributed by atoms with Gasteiger partial charge in [0, 0.05) is 13.0 Å². The van der Waals surface area contributed by atoms with Gasteiger partial charge in [-0.05, 0) is 50.2 Å². The van der Waals surface area contributed by atoms with Gasteiger partial charge in [-0.1, -0.05) is 0 Å². The van der Waals surface area contributed by atoms with Gasteiger partial charge in [0.25, 0.3) is 5.91 Å². The van der Waals surface area contributed by atoms with Crippen molar-refractivity contribution in [1.82, 2.24) is 20.1 Å². The number of amides is 1. The molecule has 0 spiro atoms. The number of halogens is 3. The van der Waals surface area contributed by atoms with Crippen LogP contribution in [0.4, 0.5) is 19.1 Å². The third-order valence-electron chi connectivity index (χ3n) is 4.29. The quantitative estimate of drug-likeness (QED) is 0.828. The summed E-state index contributed by atoms with van der Waals surface area (Å²) in [6, 6.07) is 4.16. The Morgan fingerprint density at radius 2 is 1.96 bits per heavy atom. The first-order valence-corrected chi connectivity index (χ1v) is 8.54. The molecule has 0 radical (unpaired) electrons. The van der Waals surface area contributed by atoms with Crippen LogP contribution in [0.1, 0.15) is 30.1 Å². The highest BCUT2D eigenvalue weighted by atomic mass is 19.4. The third-order valence-corrected chi connectivity index (χ3v) is 4.29. The zero-order valence-corrected chi connectivity index (χ0v) is 14.7. The van der Waals surface area contributed by atoms with E-state index in [0.717, 1.165) is 38.1 Å². The van der Waals surface area contributed by atoms with E-state index in [9.17, 15) is 18.0 Å². The molecule has 0 unspecified atom stereocenters. The van der Waals surface area contributed by atoms with Crippen LogP contribution in [0.15, 0.2) is 24.3 Å². The van der Waals surface area contributed by atoms with Crippen molar-refractivity contribution in [2.45, 2.75) is 24.9 Å². The van der Waals surface area contributed by atoms with Crippen molar-refractivity contribution >= 4 is 11.9 Å². The van der Waals surface area contributed by atoms with Gasteiger partial charge in [0.15, 0.2) is 12.4 Å². The summed E-state index contributed by atoms with van der Waals surface area (Å²) >= 11 is 0. The lowest BCUT2D eigenvalue weighted by molar-refractivity contribution is -0.137. The number of nitrogens with one attached hydrogen (secondary N) is 2. The highest BCUT2D eigenvalue weighted by molar-refractivity contribution is 5.90. The van der Waals surface area contributed by atoms with Crippen LogP contribution in [-0.2, 0) is 18.0 Å². The van der Waals surface area contributed by atoms with Crippen LogP contribution in [0.25, 0.3) is 0 Å². The summed E-state index contributed by atoms with van der Waals surface area (Å²) in [5.74, 6) is 0.961. The summed E-state index contributed by atoms with van der Waals surface area (Å²) in [6.07, 6.45) is -2.53. The largest absolute Gasteiger partial charge is 0.484 e. The molecule has 1 aromatic carbocycles. The van der Waals surface area contributed by atoms with E-state index >= 15 is 0 Å². The van der Waals surface area contributed by atoms with Crippen LogP contribution in [0.3, 0.4) is 0 Å². The molecule has 27 heavy (non-hydrogen) atoms. The van der Waals surface area contributed by atoms with E-state index in [2.05, 4.69) is 20.7 Å².